The van der Waals surface area contributed by atoms with Crippen LogP contribution in [0.4, 0.5) is 11.4 Å². The number of sulfonamides is 1. The van der Waals surface area contributed by atoms with Crippen molar-refractivity contribution in [2.24, 2.45) is 0 Å². The number of methoxy groups -OCH3 is 1. The van der Waals surface area contributed by atoms with Crippen LogP contribution >= 0.6 is 27.7 Å². The van der Waals surface area contributed by atoms with Crippen LogP contribution in [0.1, 0.15) is 5.56 Å². The molecular formula is C22H21BrN2O4S2. The lowest BCUT2D eigenvalue weighted by atomic mass is 10.2. The molecule has 0 aliphatic carbocycles. The van der Waals surface area contributed by atoms with Crippen molar-refractivity contribution in [2.45, 2.75) is 10.6 Å². The van der Waals surface area contributed by atoms with E-state index in [9.17, 15) is 13.2 Å². The topological polar surface area (TPSA) is 84.5 Å². The Balaban J connectivity index is 1.50. The van der Waals surface area contributed by atoms with Crippen LogP contribution in [-0.2, 0) is 20.6 Å². The van der Waals surface area contributed by atoms with Gasteiger partial charge in [-0.05, 0) is 66.2 Å². The molecule has 3 aromatic carbocycles. The third-order valence-corrected chi connectivity index (χ3v) is 7.14. The van der Waals surface area contributed by atoms with Crippen LogP contribution in [0.5, 0.6) is 5.75 Å². The summed E-state index contributed by atoms with van der Waals surface area (Å²) < 4.78 is 33.5. The number of ether oxygens (including phenoxy) is 1. The molecule has 9 heteroatoms. The molecule has 0 spiro atoms. The minimum Gasteiger partial charge on any atom is -0.497 e. The van der Waals surface area contributed by atoms with E-state index in [0.29, 0.717) is 17.1 Å². The molecule has 3 rings (SSSR count). The van der Waals surface area contributed by atoms with E-state index in [2.05, 4.69) is 26.0 Å². The number of amides is 1. The van der Waals surface area contributed by atoms with Gasteiger partial charge in [-0.25, -0.2) is 8.42 Å². The summed E-state index contributed by atoms with van der Waals surface area (Å²) in [6, 6.07) is 20.6. The molecule has 0 atom stereocenters. The van der Waals surface area contributed by atoms with Gasteiger partial charge in [-0.2, -0.15) is 0 Å². The van der Waals surface area contributed by atoms with E-state index in [0.717, 1.165) is 15.8 Å². The van der Waals surface area contributed by atoms with Crippen LogP contribution in [0.3, 0.4) is 0 Å². The van der Waals surface area contributed by atoms with E-state index in [1.54, 1.807) is 43.5 Å². The Morgan fingerprint density at radius 3 is 2.16 bits per heavy atom. The molecule has 0 heterocycles. The molecule has 0 aliphatic rings. The first-order valence-electron chi connectivity index (χ1n) is 9.25. The summed E-state index contributed by atoms with van der Waals surface area (Å²) in [5, 5.41) is 2.78. The van der Waals surface area contributed by atoms with E-state index in [4.69, 9.17) is 4.74 Å². The van der Waals surface area contributed by atoms with E-state index in [1.165, 1.54) is 23.9 Å². The van der Waals surface area contributed by atoms with Crippen molar-refractivity contribution in [1.29, 1.82) is 0 Å². The van der Waals surface area contributed by atoms with Crippen LogP contribution in [-0.4, -0.2) is 27.2 Å². The summed E-state index contributed by atoms with van der Waals surface area (Å²) in [5.74, 6) is 1.64. The van der Waals surface area contributed by atoms with Gasteiger partial charge in [0, 0.05) is 21.6 Å². The van der Waals surface area contributed by atoms with Crippen molar-refractivity contribution in [2.75, 3.05) is 22.9 Å². The second-order valence-electron chi connectivity index (χ2n) is 6.53. The molecule has 2 N–H and O–H groups in total. The van der Waals surface area contributed by atoms with Crippen molar-refractivity contribution in [3.05, 3.63) is 82.8 Å². The number of nitrogens with one attached hydrogen (secondary N) is 2. The van der Waals surface area contributed by atoms with Gasteiger partial charge in [0.15, 0.2) is 0 Å². The molecule has 0 saturated heterocycles. The van der Waals surface area contributed by atoms with Crippen molar-refractivity contribution < 1.29 is 17.9 Å². The number of halogens is 1. The first-order valence-corrected chi connectivity index (χ1v) is 12.7. The van der Waals surface area contributed by atoms with Crippen molar-refractivity contribution in [3.63, 3.8) is 0 Å². The molecule has 0 fully saturated rings. The van der Waals surface area contributed by atoms with Gasteiger partial charge in [0.05, 0.1) is 17.8 Å². The van der Waals surface area contributed by atoms with Gasteiger partial charge in [0.2, 0.25) is 5.91 Å². The molecular weight excluding hydrogens is 500 g/mol. The molecule has 0 aliphatic heterocycles. The third kappa shape index (κ3) is 7.02. The molecule has 6 nitrogen and oxygen atoms in total. The SMILES string of the molecule is COc1ccc(CSCC(=O)Nc2ccc(S(=O)(=O)Nc3ccc(Br)cc3)cc2)cc1. The maximum atomic E-state index is 12.5. The fraction of sp³-hybridized carbons (Fsp3) is 0.136. The number of thioether (sulfide) groups is 1. The second kappa shape index (κ2) is 10.7. The second-order valence-corrected chi connectivity index (χ2v) is 10.1. The maximum Gasteiger partial charge on any atom is 0.261 e. The Labute approximate surface area is 194 Å². The van der Waals surface area contributed by atoms with E-state index >= 15 is 0 Å². The quantitative estimate of drug-likeness (QED) is 0.408. The summed E-state index contributed by atoms with van der Waals surface area (Å²) in [6.07, 6.45) is 0. The number of carbonyl (C=O) groups excluding carboxylic acids is 1. The van der Waals surface area contributed by atoms with Gasteiger partial charge in [-0.1, -0.05) is 28.1 Å². The first kappa shape index (κ1) is 23.2. The third-order valence-electron chi connectivity index (χ3n) is 4.21. The van der Waals surface area contributed by atoms with Crippen molar-refractivity contribution >= 4 is 55.0 Å². The highest BCUT2D eigenvalue weighted by molar-refractivity contribution is 9.10. The molecule has 0 unspecified atom stereocenters. The number of hydrogen-bond acceptors (Lipinski definition) is 5. The number of anilines is 2. The largest absolute Gasteiger partial charge is 0.497 e. The van der Waals surface area contributed by atoms with Gasteiger partial charge in [-0.3, -0.25) is 9.52 Å². The highest BCUT2D eigenvalue weighted by Gasteiger charge is 2.14. The zero-order chi connectivity index (χ0) is 22.3. The zero-order valence-electron chi connectivity index (χ0n) is 16.7. The minimum absolute atomic E-state index is 0.113. The van der Waals surface area contributed by atoms with Crippen molar-refractivity contribution in [3.8, 4) is 5.75 Å². The van der Waals surface area contributed by atoms with Gasteiger partial charge in [0.25, 0.3) is 10.0 Å². The number of rotatable bonds is 9. The molecule has 31 heavy (non-hydrogen) atoms. The zero-order valence-corrected chi connectivity index (χ0v) is 19.9. The van der Waals surface area contributed by atoms with E-state index < -0.39 is 10.0 Å². The van der Waals surface area contributed by atoms with Gasteiger partial charge >= 0.3 is 0 Å². The fourth-order valence-corrected chi connectivity index (χ4v) is 4.74. The normalized spacial score (nSPS) is 11.0. The average molecular weight is 521 g/mol. The van der Waals surface area contributed by atoms with Crippen LogP contribution in [0.15, 0.2) is 82.2 Å². The van der Waals surface area contributed by atoms with Crippen molar-refractivity contribution in [1.82, 2.24) is 0 Å². The first-order chi connectivity index (χ1) is 14.9. The minimum atomic E-state index is -3.71. The predicted octanol–water partition coefficient (Wildman–Crippen LogP) is 5.13. The predicted molar refractivity (Wildman–Crippen MR) is 129 cm³/mol. The standard InChI is InChI=1S/C22H21BrN2O4S2/c1-29-20-10-2-16(3-11-20)14-30-15-22(26)24-18-8-12-21(13-9-18)31(27,28)25-19-6-4-17(23)5-7-19/h2-13,25H,14-15H2,1H3,(H,24,26). The Morgan fingerprint density at radius 2 is 1.55 bits per heavy atom. The van der Waals surface area contributed by atoms with Gasteiger partial charge in [-0.15, -0.1) is 11.8 Å². The number of benzene rings is 3. The summed E-state index contributed by atoms with van der Waals surface area (Å²) in [4.78, 5) is 12.3. The smallest absolute Gasteiger partial charge is 0.261 e. The fourth-order valence-electron chi connectivity index (χ4n) is 2.63. The molecule has 0 bridgehead atoms. The van der Waals surface area contributed by atoms with Gasteiger partial charge < -0.3 is 10.1 Å². The summed E-state index contributed by atoms with van der Waals surface area (Å²) >= 11 is 4.81. The van der Waals surface area contributed by atoms with E-state index in [1.807, 2.05) is 24.3 Å². The molecule has 0 aromatic heterocycles. The number of hydrogen-bond donors (Lipinski definition) is 2. The molecule has 1 amide bonds. The van der Waals surface area contributed by atoms with Crippen LogP contribution in [0.2, 0.25) is 0 Å². The molecule has 0 radical (unpaired) electrons. The Kier molecular flexibility index (Phi) is 8.00. The summed E-state index contributed by atoms with van der Waals surface area (Å²) in [7, 11) is -2.09. The highest BCUT2D eigenvalue weighted by Crippen LogP contribution is 2.21. The molecule has 162 valence electrons. The lowest BCUT2D eigenvalue weighted by molar-refractivity contribution is -0.113. The lowest BCUT2D eigenvalue weighted by Crippen LogP contribution is -2.15. The summed E-state index contributed by atoms with van der Waals surface area (Å²) in [6.45, 7) is 0. The number of carbonyl (C=O) groups is 1. The Hall–Kier alpha value is -2.49. The van der Waals surface area contributed by atoms with Crippen LogP contribution < -0.4 is 14.8 Å². The monoisotopic (exact) mass is 520 g/mol. The average Bonchev–Trinajstić information content (AvgIpc) is 2.76. The Morgan fingerprint density at radius 1 is 0.935 bits per heavy atom. The molecule has 0 saturated carbocycles. The van der Waals surface area contributed by atoms with Crippen LogP contribution in [0, 0.1) is 0 Å². The maximum absolute atomic E-state index is 12.5. The highest BCUT2D eigenvalue weighted by atomic mass is 79.9. The lowest BCUT2D eigenvalue weighted by Gasteiger charge is -2.10. The molecule has 3 aromatic rings. The summed E-state index contributed by atoms with van der Waals surface area (Å²) in [5.41, 5.74) is 2.11. The van der Waals surface area contributed by atoms with Crippen LogP contribution in [0.25, 0.3) is 0 Å². The van der Waals surface area contributed by atoms with E-state index in [-0.39, 0.29) is 16.6 Å². The van der Waals surface area contributed by atoms with Gasteiger partial charge in [0.1, 0.15) is 5.75 Å². The Bertz CT molecular complexity index is 1120.